The van der Waals surface area contributed by atoms with Crippen LogP contribution in [0.2, 0.25) is 0 Å². The van der Waals surface area contributed by atoms with Crippen molar-refractivity contribution in [2.24, 2.45) is 0 Å². The molecule has 1 aliphatic heterocycles. The number of carbonyl (C=O) groups is 3. The number of methoxy groups -OCH3 is 2. The monoisotopic (exact) mass is 443 g/mol. The molecule has 2 aromatic carbocycles. The second-order valence-electron chi connectivity index (χ2n) is 7.33. The van der Waals surface area contributed by atoms with E-state index in [9.17, 15) is 18.8 Å². The van der Waals surface area contributed by atoms with Gasteiger partial charge in [0.15, 0.2) is 0 Å². The fourth-order valence-electron chi connectivity index (χ4n) is 3.62. The molecule has 0 spiro atoms. The molecule has 1 atom stereocenters. The molecule has 8 nitrogen and oxygen atoms in total. The van der Waals surface area contributed by atoms with E-state index >= 15 is 0 Å². The third-order valence-corrected chi connectivity index (χ3v) is 5.36. The predicted molar refractivity (Wildman–Crippen MR) is 116 cm³/mol. The lowest BCUT2D eigenvalue weighted by Gasteiger charge is -2.37. The zero-order valence-corrected chi connectivity index (χ0v) is 18.3. The molecule has 0 aliphatic carbocycles. The molecule has 2 aromatic rings. The molecule has 3 rings (SSSR count). The second kappa shape index (κ2) is 10.1. The second-order valence-corrected chi connectivity index (χ2v) is 7.33. The van der Waals surface area contributed by atoms with Gasteiger partial charge in [-0.05, 0) is 36.2 Å². The summed E-state index contributed by atoms with van der Waals surface area (Å²) in [6.45, 7) is 2.46. The Morgan fingerprint density at radius 2 is 1.78 bits per heavy atom. The number of hydrogen-bond donors (Lipinski definition) is 1. The molecule has 32 heavy (non-hydrogen) atoms. The SMILES string of the molecule is CCC(C(=O)Nc1cc(OC)ccc1OC)N1CCN(Cc2ccc(F)cc2)C(=O)C1=O. The molecule has 170 valence electrons. The topological polar surface area (TPSA) is 88.2 Å². The van der Waals surface area contributed by atoms with Gasteiger partial charge in [0.05, 0.1) is 19.9 Å². The van der Waals surface area contributed by atoms with Crippen molar-refractivity contribution < 1.29 is 28.2 Å². The molecule has 0 bridgehead atoms. The van der Waals surface area contributed by atoms with Crippen LogP contribution in [-0.4, -0.2) is 60.9 Å². The lowest BCUT2D eigenvalue weighted by molar-refractivity contribution is -0.159. The number of halogens is 1. The van der Waals surface area contributed by atoms with Gasteiger partial charge in [-0.15, -0.1) is 0 Å². The van der Waals surface area contributed by atoms with Gasteiger partial charge in [-0.2, -0.15) is 0 Å². The number of carbonyl (C=O) groups excluding carboxylic acids is 3. The molecule has 9 heteroatoms. The third-order valence-electron chi connectivity index (χ3n) is 5.36. The van der Waals surface area contributed by atoms with Crippen molar-refractivity contribution in [3.05, 3.63) is 53.8 Å². The summed E-state index contributed by atoms with van der Waals surface area (Å²) in [6.07, 6.45) is 0.328. The maximum absolute atomic E-state index is 13.1. The number of piperazine rings is 1. The van der Waals surface area contributed by atoms with Crippen molar-refractivity contribution in [1.29, 1.82) is 0 Å². The summed E-state index contributed by atoms with van der Waals surface area (Å²) in [7, 11) is 3.00. The lowest BCUT2D eigenvalue weighted by atomic mass is 10.1. The number of amides is 3. The maximum atomic E-state index is 13.1. The summed E-state index contributed by atoms with van der Waals surface area (Å²) in [5.41, 5.74) is 1.12. The van der Waals surface area contributed by atoms with Crippen LogP contribution in [0.1, 0.15) is 18.9 Å². The van der Waals surface area contributed by atoms with Crippen molar-refractivity contribution in [3.8, 4) is 11.5 Å². The average molecular weight is 443 g/mol. The molecule has 1 N–H and O–H groups in total. The number of hydrogen-bond acceptors (Lipinski definition) is 5. The van der Waals surface area contributed by atoms with Gasteiger partial charge in [0.25, 0.3) is 0 Å². The van der Waals surface area contributed by atoms with Crippen LogP contribution < -0.4 is 14.8 Å². The van der Waals surface area contributed by atoms with E-state index < -0.39 is 23.8 Å². The third kappa shape index (κ3) is 4.99. The Labute approximate surface area is 185 Å². The van der Waals surface area contributed by atoms with Gasteiger partial charge >= 0.3 is 11.8 Å². The number of benzene rings is 2. The van der Waals surface area contributed by atoms with Gasteiger partial charge in [0.1, 0.15) is 23.4 Å². The van der Waals surface area contributed by atoms with E-state index in [1.807, 2.05) is 0 Å². The van der Waals surface area contributed by atoms with Crippen LogP contribution in [0.15, 0.2) is 42.5 Å². The molecule has 3 amide bonds. The number of anilines is 1. The highest BCUT2D eigenvalue weighted by atomic mass is 19.1. The number of nitrogens with zero attached hydrogens (tertiary/aromatic N) is 2. The van der Waals surface area contributed by atoms with E-state index in [0.717, 1.165) is 5.56 Å². The molecular formula is C23H26FN3O5. The average Bonchev–Trinajstić information content (AvgIpc) is 2.80. The molecule has 1 fully saturated rings. The first-order valence-electron chi connectivity index (χ1n) is 10.2. The summed E-state index contributed by atoms with van der Waals surface area (Å²) in [4.78, 5) is 41.2. The Kier molecular flexibility index (Phi) is 7.29. The zero-order valence-electron chi connectivity index (χ0n) is 18.3. The molecule has 1 unspecified atom stereocenters. The van der Waals surface area contributed by atoms with Gasteiger partial charge in [0.2, 0.25) is 5.91 Å². The van der Waals surface area contributed by atoms with Crippen LogP contribution in [0.3, 0.4) is 0 Å². The largest absolute Gasteiger partial charge is 0.497 e. The summed E-state index contributed by atoms with van der Waals surface area (Å²) >= 11 is 0. The van der Waals surface area contributed by atoms with E-state index in [-0.39, 0.29) is 25.5 Å². The van der Waals surface area contributed by atoms with Crippen LogP contribution in [0.4, 0.5) is 10.1 Å². The summed E-state index contributed by atoms with van der Waals surface area (Å²) in [6, 6.07) is 9.93. The van der Waals surface area contributed by atoms with E-state index in [0.29, 0.717) is 23.6 Å². The van der Waals surface area contributed by atoms with Crippen LogP contribution in [0.25, 0.3) is 0 Å². The van der Waals surface area contributed by atoms with Gasteiger partial charge in [-0.1, -0.05) is 19.1 Å². The summed E-state index contributed by atoms with van der Waals surface area (Å²) < 4.78 is 23.6. The van der Waals surface area contributed by atoms with E-state index in [4.69, 9.17) is 9.47 Å². The number of nitrogens with one attached hydrogen (secondary N) is 1. The standard InChI is InChI=1S/C23H26FN3O5/c1-4-19(21(28)25-18-13-17(31-2)9-10-20(18)32-3)27-12-11-26(22(29)23(27)30)14-15-5-7-16(24)8-6-15/h5-10,13,19H,4,11-12,14H2,1-3H3,(H,25,28). The summed E-state index contributed by atoms with van der Waals surface area (Å²) in [5, 5.41) is 2.78. The van der Waals surface area contributed by atoms with Crippen LogP contribution >= 0.6 is 0 Å². The number of ether oxygens (including phenoxy) is 2. The highest BCUT2D eigenvalue weighted by Gasteiger charge is 2.38. The number of rotatable bonds is 8. The minimum Gasteiger partial charge on any atom is -0.497 e. The zero-order chi connectivity index (χ0) is 23.3. The Hall–Kier alpha value is -3.62. The van der Waals surface area contributed by atoms with Crippen LogP contribution in [-0.2, 0) is 20.9 Å². The van der Waals surface area contributed by atoms with Gasteiger partial charge in [-0.3, -0.25) is 14.4 Å². The first-order chi connectivity index (χ1) is 15.4. The summed E-state index contributed by atoms with van der Waals surface area (Å²) in [5.74, 6) is -1.24. The quantitative estimate of drug-likeness (QED) is 0.633. The lowest BCUT2D eigenvalue weighted by Crippen LogP contribution is -2.59. The van der Waals surface area contributed by atoms with Crippen molar-refractivity contribution in [3.63, 3.8) is 0 Å². The normalized spacial score (nSPS) is 14.9. The van der Waals surface area contributed by atoms with Crippen LogP contribution in [0, 0.1) is 5.82 Å². The fraction of sp³-hybridized carbons (Fsp3) is 0.348. The molecular weight excluding hydrogens is 417 g/mol. The van der Waals surface area contributed by atoms with E-state index in [1.165, 1.54) is 36.2 Å². The van der Waals surface area contributed by atoms with Crippen molar-refractivity contribution >= 4 is 23.4 Å². The highest BCUT2D eigenvalue weighted by molar-refractivity contribution is 6.35. The Morgan fingerprint density at radius 3 is 2.41 bits per heavy atom. The van der Waals surface area contributed by atoms with E-state index in [1.54, 1.807) is 37.3 Å². The minimum atomic E-state index is -0.824. The molecule has 0 aromatic heterocycles. The van der Waals surface area contributed by atoms with Gasteiger partial charge < -0.3 is 24.6 Å². The molecule has 1 saturated heterocycles. The molecule has 1 aliphatic rings. The first kappa shape index (κ1) is 23.1. The smallest absolute Gasteiger partial charge is 0.312 e. The Balaban J connectivity index is 1.71. The maximum Gasteiger partial charge on any atom is 0.312 e. The van der Waals surface area contributed by atoms with Crippen molar-refractivity contribution in [2.45, 2.75) is 25.9 Å². The van der Waals surface area contributed by atoms with E-state index in [2.05, 4.69) is 5.32 Å². The highest BCUT2D eigenvalue weighted by Crippen LogP contribution is 2.29. The van der Waals surface area contributed by atoms with Gasteiger partial charge in [-0.25, -0.2) is 4.39 Å². The predicted octanol–water partition coefficient (Wildman–Crippen LogP) is 2.43. The van der Waals surface area contributed by atoms with Gasteiger partial charge in [0, 0.05) is 25.7 Å². The minimum absolute atomic E-state index is 0.197. The first-order valence-corrected chi connectivity index (χ1v) is 10.2. The molecule has 0 saturated carbocycles. The molecule has 0 radical (unpaired) electrons. The van der Waals surface area contributed by atoms with Crippen LogP contribution in [0.5, 0.6) is 11.5 Å². The fourth-order valence-corrected chi connectivity index (χ4v) is 3.62. The van der Waals surface area contributed by atoms with Crippen molar-refractivity contribution in [1.82, 2.24) is 9.80 Å². The Morgan fingerprint density at radius 1 is 1.06 bits per heavy atom. The van der Waals surface area contributed by atoms with Crippen molar-refractivity contribution in [2.75, 3.05) is 32.6 Å². The Bertz CT molecular complexity index is 996. The molecule has 1 heterocycles.